The number of aliphatic hydroxyl groups excluding tert-OH is 1. The largest absolute Gasteiger partial charge is 0.396 e. The number of hydrogen-bond acceptors (Lipinski definition) is 3. The molecule has 1 atom stereocenters. The van der Waals surface area contributed by atoms with Crippen LogP contribution >= 0.6 is 0 Å². The number of aliphatic hydroxyl groups is 1. The van der Waals surface area contributed by atoms with Gasteiger partial charge in [-0.15, -0.1) is 0 Å². The van der Waals surface area contributed by atoms with Crippen molar-refractivity contribution in [1.29, 1.82) is 0 Å². The lowest BCUT2D eigenvalue weighted by atomic mass is 10.2. The molecule has 1 fully saturated rings. The van der Waals surface area contributed by atoms with Crippen molar-refractivity contribution in [2.24, 2.45) is 0 Å². The van der Waals surface area contributed by atoms with E-state index >= 15 is 0 Å². The van der Waals surface area contributed by atoms with Crippen molar-refractivity contribution in [2.45, 2.75) is 18.9 Å². The average molecular weight is 159 g/mol. The third-order valence-corrected chi connectivity index (χ3v) is 2.03. The molecular weight excluding hydrogens is 142 g/mol. The molecule has 1 saturated heterocycles. The van der Waals surface area contributed by atoms with Crippen LogP contribution in [0.4, 0.5) is 0 Å². The number of morpholine rings is 1. The summed E-state index contributed by atoms with van der Waals surface area (Å²) in [6.07, 6.45) is 2.19. The summed E-state index contributed by atoms with van der Waals surface area (Å²) >= 11 is 0. The second-order valence-electron chi connectivity index (χ2n) is 3.12. The van der Waals surface area contributed by atoms with Crippen LogP contribution in [0.25, 0.3) is 0 Å². The van der Waals surface area contributed by atoms with Crippen LogP contribution in [-0.2, 0) is 4.74 Å². The van der Waals surface area contributed by atoms with Crippen LogP contribution in [0.1, 0.15) is 12.8 Å². The molecule has 1 aliphatic rings. The van der Waals surface area contributed by atoms with Crippen LogP contribution < -0.4 is 0 Å². The molecule has 3 nitrogen and oxygen atoms in total. The summed E-state index contributed by atoms with van der Waals surface area (Å²) in [5.74, 6) is 0. The van der Waals surface area contributed by atoms with Gasteiger partial charge in [0.2, 0.25) is 0 Å². The van der Waals surface area contributed by atoms with Gasteiger partial charge in [-0.1, -0.05) is 0 Å². The smallest absolute Gasteiger partial charge is 0.0703 e. The third kappa shape index (κ3) is 3.18. The summed E-state index contributed by atoms with van der Waals surface area (Å²) in [6, 6.07) is 0. The predicted molar refractivity (Wildman–Crippen MR) is 43.6 cm³/mol. The van der Waals surface area contributed by atoms with Crippen LogP contribution in [-0.4, -0.2) is 49.5 Å². The van der Waals surface area contributed by atoms with Crippen LogP contribution in [0.2, 0.25) is 0 Å². The van der Waals surface area contributed by atoms with Gasteiger partial charge in [-0.25, -0.2) is 0 Å². The first-order chi connectivity index (χ1) is 5.33. The van der Waals surface area contributed by atoms with Crippen molar-refractivity contribution >= 4 is 0 Å². The van der Waals surface area contributed by atoms with Crippen LogP contribution in [0.3, 0.4) is 0 Å². The Bertz CT molecular complexity index is 108. The Hall–Kier alpha value is -0.120. The molecule has 0 bridgehead atoms. The van der Waals surface area contributed by atoms with Gasteiger partial charge in [-0.05, 0) is 19.9 Å². The maximum absolute atomic E-state index is 8.59. The van der Waals surface area contributed by atoms with Crippen LogP contribution in [0, 0.1) is 0 Å². The van der Waals surface area contributed by atoms with Gasteiger partial charge in [0.25, 0.3) is 0 Å². The molecule has 0 spiro atoms. The summed E-state index contributed by atoms with van der Waals surface area (Å²) < 4.78 is 5.50. The number of likely N-dealkylation sites (N-methyl/N-ethyl adjacent to an activating group) is 1. The molecule has 0 aliphatic carbocycles. The molecule has 1 unspecified atom stereocenters. The van der Waals surface area contributed by atoms with E-state index in [2.05, 4.69) is 11.9 Å². The lowest BCUT2D eigenvalue weighted by Crippen LogP contribution is -2.39. The zero-order chi connectivity index (χ0) is 8.10. The molecule has 3 heteroatoms. The highest BCUT2D eigenvalue weighted by Gasteiger charge is 2.16. The minimum absolute atomic E-state index is 0.281. The topological polar surface area (TPSA) is 32.7 Å². The van der Waals surface area contributed by atoms with Crippen molar-refractivity contribution < 1.29 is 9.84 Å². The van der Waals surface area contributed by atoms with E-state index in [1.54, 1.807) is 0 Å². The highest BCUT2D eigenvalue weighted by atomic mass is 16.5. The molecule has 1 N–H and O–H groups in total. The van der Waals surface area contributed by atoms with Crippen LogP contribution in [0.5, 0.6) is 0 Å². The Balaban J connectivity index is 2.12. The molecule has 0 aromatic rings. The van der Waals surface area contributed by atoms with Crippen molar-refractivity contribution in [3.8, 4) is 0 Å². The van der Waals surface area contributed by atoms with E-state index in [0.717, 1.165) is 32.5 Å². The number of rotatable bonds is 3. The predicted octanol–water partition coefficient (Wildman–Crippen LogP) is 0.0895. The van der Waals surface area contributed by atoms with Crippen molar-refractivity contribution in [1.82, 2.24) is 4.90 Å². The minimum Gasteiger partial charge on any atom is -0.396 e. The van der Waals surface area contributed by atoms with E-state index < -0.39 is 0 Å². The maximum atomic E-state index is 8.59. The average Bonchev–Trinajstić information content (AvgIpc) is 2.01. The molecule has 66 valence electrons. The highest BCUT2D eigenvalue weighted by molar-refractivity contribution is 4.68. The monoisotopic (exact) mass is 159 g/mol. The van der Waals surface area contributed by atoms with Gasteiger partial charge in [-0.2, -0.15) is 0 Å². The first kappa shape index (κ1) is 8.97. The summed E-state index contributed by atoms with van der Waals surface area (Å²) in [7, 11) is 2.11. The number of hydrogen-bond donors (Lipinski definition) is 1. The van der Waals surface area contributed by atoms with Crippen molar-refractivity contribution in [3.05, 3.63) is 0 Å². The first-order valence-electron chi connectivity index (χ1n) is 4.24. The molecule has 11 heavy (non-hydrogen) atoms. The number of nitrogens with zero attached hydrogens (tertiary/aromatic N) is 1. The fraction of sp³-hybridized carbons (Fsp3) is 1.00. The van der Waals surface area contributed by atoms with Gasteiger partial charge in [0.1, 0.15) is 0 Å². The quantitative estimate of drug-likeness (QED) is 0.633. The summed E-state index contributed by atoms with van der Waals surface area (Å²) in [5.41, 5.74) is 0. The van der Waals surface area contributed by atoms with Gasteiger partial charge in [0.05, 0.1) is 12.7 Å². The Kier molecular flexibility index (Phi) is 3.83. The Morgan fingerprint density at radius 1 is 1.64 bits per heavy atom. The van der Waals surface area contributed by atoms with E-state index in [1.807, 2.05) is 0 Å². The Labute approximate surface area is 68.0 Å². The molecule has 0 radical (unpaired) electrons. The fourth-order valence-electron chi connectivity index (χ4n) is 1.36. The molecule has 1 heterocycles. The molecule has 1 aliphatic heterocycles. The fourth-order valence-corrected chi connectivity index (χ4v) is 1.36. The maximum Gasteiger partial charge on any atom is 0.0703 e. The van der Waals surface area contributed by atoms with Gasteiger partial charge >= 0.3 is 0 Å². The van der Waals surface area contributed by atoms with Gasteiger partial charge < -0.3 is 14.7 Å². The number of ether oxygens (including phenoxy) is 1. The summed E-state index contributed by atoms with van der Waals surface area (Å²) in [4.78, 5) is 2.27. The Morgan fingerprint density at radius 3 is 3.09 bits per heavy atom. The molecule has 0 amide bonds. The molecule has 1 rings (SSSR count). The zero-order valence-electron chi connectivity index (χ0n) is 7.12. The molecular formula is C8H17NO2. The second-order valence-corrected chi connectivity index (χ2v) is 3.12. The molecule has 0 saturated carbocycles. The van der Waals surface area contributed by atoms with E-state index in [-0.39, 0.29) is 6.61 Å². The normalized spacial score (nSPS) is 27.3. The lowest BCUT2D eigenvalue weighted by Gasteiger charge is -2.29. The lowest BCUT2D eigenvalue weighted by molar-refractivity contribution is -0.0257. The van der Waals surface area contributed by atoms with Gasteiger partial charge in [0.15, 0.2) is 0 Å². The second kappa shape index (κ2) is 4.70. The van der Waals surface area contributed by atoms with Crippen molar-refractivity contribution in [2.75, 3.05) is 33.4 Å². The van der Waals surface area contributed by atoms with E-state index in [9.17, 15) is 0 Å². The molecule has 0 aromatic carbocycles. The minimum atomic E-state index is 0.281. The van der Waals surface area contributed by atoms with Crippen molar-refractivity contribution in [3.63, 3.8) is 0 Å². The SMILES string of the molecule is CN1CCOC(CCCO)C1. The third-order valence-electron chi connectivity index (χ3n) is 2.03. The highest BCUT2D eigenvalue weighted by Crippen LogP contribution is 2.08. The van der Waals surface area contributed by atoms with Crippen LogP contribution in [0.15, 0.2) is 0 Å². The summed E-state index contributed by atoms with van der Waals surface area (Å²) in [6.45, 7) is 3.17. The van der Waals surface area contributed by atoms with Gasteiger partial charge in [0, 0.05) is 19.7 Å². The standard InChI is InChI=1S/C8H17NO2/c1-9-4-6-11-8(7-9)3-2-5-10/h8,10H,2-7H2,1H3. The van der Waals surface area contributed by atoms with Gasteiger partial charge in [-0.3, -0.25) is 0 Å². The first-order valence-corrected chi connectivity index (χ1v) is 4.24. The van der Waals surface area contributed by atoms with E-state index in [1.165, 1.54) is 0 Å². The molecule has 0 aromatic heterocycles. The summed E-state index contributed by atoms with van der Waals surface area (Å²) in [5, 5.41) is 8.59. The Morgan fingerprint density at radius 2 is 2.45 bits per heavy atom. The van der Waals surface area contributed by atoms with E-state index in [4.69, 9.17) is 9.84 Å². The van der Waals surface area contributed by atoms with E-state index in [0.29, 0.717) is 6.10 Å². The zero-order valence-corrected chi connectivity index (χ0v) is 7.12.